The first kappa shape index (κ1) is 16.9. The molecule has 0 aromatic heterocycles. The standard InChI is InChI=1S/C13H26N2O3/c1-6-8-9(3)14-12(16)10(4)15-11(5)13(17)18-7-2/h9-11,15H,6-8H2,1-5H3,(H,14,16). The molecule has 3 atom stereocenters. The Morgan fingerprint density at radius 3 is 2.22 bits per heavy atom. The van der Waals surface area contributed by atoms with Gasteiger partial charge >= 0.3 is 5.97 Å². The molecule has 5 nitrogen and oxygen atoms in total. The van der Waals surface area contributed by atoms with Crippen molar-refractivity contribution in [2.45, 2.75) is 65.6 Å². The molecule has 0 aliphatic heterocycles. The van der Waals surface area contributed by atoms with Crippen LogP contribution in [0.4, 0.5) is 0 Å². The first-order valence-electron chi connectivity index (χ1n) is 6.65. The number of esters is 1. The van der Waals surface area contributed by atoms with Gasteiger partial charge in [-0.15, -0.1) is 0 Å². The van der Waals surface area contributed by atoms with Gasteiger partial charge in [0.05, 0.1) is 12.6 Å². The van der Waals surface area contributed by atoms with Gasteiger partial charge in [0.25, 0.3) is 0 Å². The number of hydrogen-bond donors (Lipinski definition) is 2. The van der Waals surface area contributed by atoms with Crippen molar-refractivity contribution in [3.05, 3.63) is 0 Å². The van der Waals surface area contributed by atoms with E-state index >= 15 is 0 Å². The summed E-state index contributed by atoms with van der Waals surface area (Å²) in [6, 6.07) is -0.736. The van der Waals surface area contributed by atoms with Gasteiger partial charge in [0, 0.05) is 6.04 Å². The number of carbonyl (C=O) groups excluding carboxylic acids is 2. The molecule has 5 heteroatoms. The van der Waals surface area contributed by atoms with Crippen LogP contribution in [0.25, 0.3) is 0 Å². The van der Waals surface area contributed by atoms with Crippen LogP contribution in [0.2, 0.25) is 0 Å². The summed E-state index contributed by atoms with van der Waals surface area (Å²) in [4.78, 5) is 23.2. The van der Waals surface area contributed by atoms with Crippen LogP contribution in [0.15, 0.2) is 0 Å². The van der Waals surface area contributed by atoms with Gasteiger partial charge in [0.15, 0.2) is 0 Å². The van der Waals surface area contributed by atoms with E-state index < -0.39 is 12.1 Å². The SMILES string of the molecule is CCCC(C)NC(=O)C(C)NC(C)C(=O)OCC. The Hall–Kier alpha value is -1.10. The molecule has 106 valence electrons. The Balaban J connectivity index is 4.10. The van der Waals surface area contributed by atoms with Crippen molar-refractivity contribution in [3.63, 3.8) is 0 Å². The van der Waals surface area contributed by atoms with Crippen molar-refractivity contribution in [2.75, 3.05) is 6.61 Å². The van der Waals surface area contributed by atoms with Crippen LogP contribution >= 0.6 is 0 Å². The zero-order valence-corrected chi connectivity index (χ0v) is 12.1. The molecular formula is C13H26N2O3. The van der Waals surface area contributed by atoms with E-state index in [1.54, 1.807) is 20.8 Å². The number of rotatable bonds is 8. The van der Waals surface area contributed by atoms with Crippen molar-refractivity contribution in [1.29, 1.82) is 0 Å². The van der Waals surface area contributed by atoms with Crippen LogP contribution in [0, 0.1) is 0 Å². The summed E-state index contributed by atoms with van der Waals surface area (Å²) in [6.07, 6.45) is 1.98. The lowest BCUT2D eigenvalue weighted by molar-refractivity contribution is -0.145. The predicted molar refractivity (Wildman–Crippen MR) is 71.2 cm³/mol. The molecule has 0 radical (unpaired) electrons. The minimum absolute atomic E-state index is 0.0906. The van der Waals surface area contributed by atoms with Crippen LogP contribution in [0.5, 0.6) is 0 Å². The molecule has 0 aromatic carbocycles. The fraction of sp³-hybridized carbons (Fsp3) is 0.846. The third-order valence-electron chi connectivity index (χ3n) is 2.64. The van der Waals surface area contributed by atoms with E-state index in [2.05, 4.69) is 17.6 Å². The molecule has 18 heavy (non-hydrogen) atoms. The summed E-state index contributed by atoms with van der Waals surface area (Å²) in [5.41, 5.74) is 0. The van der Waals surface area contributed by atoms with Gasteiger partial charge in [-0.05, 0) is 34.1 Å². The summed E-state index contributed by atoms with van der Waals surface area (Å²) < 4.78 is 4.87. The van der Waals surface area contributed by atoms with Crippen molar-refractivity contribution >= 4 is 11.9 Å². The lowest BCUT2D eigenvalue weighted by Gasteiger charge is -2.20. The quantitative estimate of drug-likeness (QED) is 0.642. The second-order valence-electron chi connectivity index (χ2n) is 4.56. The Kier molecular flexibility index (Phi) is 8.37. The lowest BCUT2D eigenvalue weighted by Crippen LogP contribution is -2.50. The van der Waals surface area contributed by atoms with Crippen LogP contribution in [0.1, 0.15) is 47.5 Å². The average molecular weight is 258 g/mol. The van der Waals surface area contributed by atoms with Gasteiger partial charge in [-0.3, -0.25) is 14.9 Å². The normalized spacial score (nSPS) is 15.6. The highest BCUT2D eigenvalue weighted by molar-refractivity contribution is 5.83. The topological polar surface area (TPSA) is 67.4 Å². The molecule has 0 rings (SSSR count). The second-order valence-corrected chi connectivity index (χ2v) is 4.56. The first-order chi connectivity index (χ1) is 8.42. The van der Waals surface area contributed by atoms with Crippen molar-refractivity contribution in [3.8, 4) is 0 Å². The fourth-order valence-electron chi connectivity index (χ4n) is 1.66. The molecule has 0 aromatic rings. The van der Waals surface area contributed by atoms with E-state index in [0.29, 0.717) is 6.61 Å². The third-order valence-corrected chi connectivity index (χ3v) is 2.64. The molecule has 0 saturated carbocycles. The first-order valence-corrected chi connectivity index (χ1v) is 6.65. The monoisotopic (exact) mass is 258 g/mol. The minimum atomic E-state index is -0.479. The third kappa shape index (κ3) is 6.59. The summed E-state index contributed by atoms with van der Waals surface area (Å²) >= 11 is 0. The molecule has 1 amide bonds. The van der Waals surface area contributed by atoms with Gasteiger partial charge in [-0.25, -0.2) is 0 Å². The summed E-state index contributed by atoms with van der Waals surface area (Å²) in [7, 11) is 0. The summed E-state index contributed by atoms with van der Waals surface area (Å²) in [6.45, 7) is 9.59. The highest BCUT2D eigenvalue weighted by atomic mass is 16.5. The molecule has 0 heterocycles. The van der Waals surface area contributed by atoms with Crippen molar-refractivity contribution in [1.82, 2.24) is 10.6 Å². The number of nitrogens with one attached hydrogen (secondary N) is 2. The van der Waals surface area contributed by atoms with E-state index in [9.17, 15) is 9.59 Å². The summed E-state index contributed by atoms with van der Waals surface area (Å²) in [5, 5.41) is 5.83. The lowest BCUT2D eigenvalue weighted by atomic mass is 10.2. The van der Waals surface area contributed by atoms with Crippen molar-refractivity contribution < 1.29 is 14.3 Å². The van der Waals surface area contributed by atoms with E-state index in [-0.39, 0.29) is 17.9 Å². The predicted octanol–water partition coefficient (Wildman–Crippen LogP) is 1.22. The molecule has 0 fully saturated rings. The summed E-state index contributed by atoms with van der Waals surface area (Å²) in [5.74, 6) is -0.425. The maximum Gasteiger partial charge on any atom is 0.322 e. The highest BCUT2D eigenvalue weighted by Crippen LogP contribution is 1.97. The number of ether oxygens (including phenoxy) is 1. The largest absolute Gasteiger partial charge is 0.465 e. The fourth-order valence-corrected chi connectivity index (χ4v) is 1.66. The van der Waals surface area contributed by atoms with E-state index in [0.717, 1.165) is 12.8 Å². The van der Waals surface area contributed by atoms with Crippen molar-refractivity contribution in [2.24, 2.45) is 0 Å². The number of amides is 1. The van der Waals surface area contributed by atoms with Gasteiger partial charge in [0.2, 0.25) is 5.91 Å². The zero-order chi connectivity index (χ0) is 14.1. The molecule has 3 unspecified atom stereocenters. The smallest absolute Gasteiger partial charge is 0.322 e. The maximum absolute atomic E-state index is 11.8. The van der Waals surface area contributed by atoms with Gasteiger partial charge in [-0.2, -0.15) is 0 Å². The Labute approximate surface area is 110 Å². The number of hydrogen-bond acceptors (Lipinski definition) is 4. The molecule has 0 saturated heterocycles. The maximum atomic E-state index is 11.8. The molecular weight excluding hydrogens is 232 g/mol. The van der Waals surface area contributed by atoms with E-state index in [4.69, 9.17) is 4.74 Å². The van der Waals surface area contributed by atoms with E-state index in [1.165, 1.54) is 0 Å². The van der Waals surface area contributed by atoms with Crippen LogP contribution in [0.3, 0.4) is 0 Å². The molecule has 0 bridgehead atoms. The highest BCUT2D eigenvalue weighted by Gasteiger charge is 2.21. The van der Waals surface area contributed by atoms with Gasteiger partial charge < -0.3 is 10.1 Å². The van der Waals surface area contributed by atoms with Gasteiger partial charge in [0.1, 0.15) is 6.04 Å². The van der Waals surface area contributed by atoms with Crippen LogP contribution in [-0.4, -0.2) is 36.6 Å². The molecule has 0 aliphatic carbocycles. The van der Waals surface area contributed by atoms with E-state index in [1.807, 2.05) is 6.92 Å². The minimum Gasteiger partial charge on any atom is -0.465 e. The number of carbonyl (C=O) groups is 2. The molecule has 0 spiro atoms. The second kappa shape index (κ2) is 8.91. The Bertz CT molecular complexity index is 269. The molecule has 2 N–H and O–H groups in total. The van der Waals surface area contributed by atoms with Gasteiger partial charge in [-0.1, -0.05) is 13.3 Å². The Morgan fingerprint density at radius 1 is 1.11 bits per heavy atom. The van der Waals surface area contributed by atoms with Crippen LogP contribution in [-0.2, 0) is 14.3 Å². The van der Waals surface area contributed by atoms with Crippen LogP contribution < -0.4 is 10.6 Å². The zero-order valence-electron chi connectivity index (χ0n) is 12.1. The Morgan fingerprint density at radius 2 is 1.72 bits per heavy atom. The molecule has 0 aliphatic rings. The average Bonchev–Trinajstić information content (AvgIpc) is 2.29.